The van der Waals surface area contributed by atoms with Crippen LogP contribution >= 0.6 is 0 Å². The summed E-state index contributed by atoms with van der Waals surface area (Å²) in [7, 11) is 0. The highest BCUT2D eigenvalue weighted by Gasteiger charge is 2.75. The number of anilines is 1. The summed E-state index contributed by atoms with van der Waals surface area (Å²) in [5.74, 6) is 7.70. The molecule has 144 valence electrons. The molecule has 0 bridgehead atoms. The van der Waals surface area contributed by atoms with E-state index in [0.29, 0.717) is 5.41 Å². The molecular weight excluding hydrogens is 346 g/mol. The Kier molecular flexibility index (Phi) is 4.04. The molecule has 5 heteroatoms. The van der Waals surface area contributed by atoms with Crippen molar-refractivity contribution in [2.24, 2.45) is 10.4 Å². The van der Waals surface area contributed by atoms with Gasteiger partial charge in [0.05, 0.1) is 17.2 Å². The summed E-state index contributed by atoms with van der Waals surface area (Å²) in [6.45, 7) is 4.12. The first-order valence-corrected chi connectivity index (χ1v) is 10.4. The Morgan fingerprint density at radius 3 is 2.82 bits per heavy atom. The van der Waals surface area contributed by atoms with Crippen molar-refractivity contribution in [2.45, 2.75) is 56.9 Å². The molecule has 1 saturated heterocycles. The van der Waals surface area contributed by atoms with Crippen LogP contribution in [0.2, 0.25) is 0 Å². The van der Waals surface area contributed by atoms with Gasteiger partial charge in [0.15, 0.2) is 0 Å². The Balaban J connectivity index is 1.42. The molecule has 28 heavy (non-hydrogen) atoms. The number of hydrogen-bond acceptors (Lipinski definition) is 5. The fourth-order valence-electron chi connectivity index (χ4n) is 4.96. The van der Waals surface area contributed by atoms with E-state index < -0.39 is 0 Å². The minimum Gasteiger partial charge on any atom is -0.378 e. The summed E-state index contributed by atoms with van der Waals surface area (Å²) in [6.07, 6.45) is 14.5. The summed E-state index contributed by atoms with van der Waals surface area (Å²) in [4.78, 5) is 11.7. The van der Waals surface area contributed by atoms with E-state index in [1.165, 1.54) is 31.9 Å². The second-order valence-corrected chi connectivity index (χ2v) is 8.56. The zero-order valence-corrected chi connectivity index (χ0v) is 16.5. The number of rotatable bonds is 5. The van der Waals surface area contributed by atoms with Crippen molar-refractivity contribution in [3.8, 4) is 11.8 Å². The lowest BCUT2D eigenvalue weighted by molar-refractivity contribution is 0.417. The van der Waals surface area contributed by atoms with Crippen molar-refractivity contribution in [3.05, 3.63) is 35.4 Å². The molecule has 2 aliphatic heterocycles. The Hall–Kier alpha value is -2.61. The van der Waals surface area contributed by atoms with Crippen LogP contribution in [0, 0.1) is 22.7 Å². The zero-order valence-electron chi connectivity index (χ0n) is 16.5. The molecule has 1 spiro atoms. The van der Waals surface area contributed by atoms with Crippen LogP contribution in [0.15, 0.2) is 29.2 Å². The molecule has 1 unspecified atom stereocenters. The van der Waals surface area contributed by atoms with Crippen molar-refractivity contribution in [3.63, 3.8) is 0 Å². The van der Waals surface area contributed by atoms with E-state index in [1.807, 2.05) is 19.3 Å². The highest BCUT2D eigenvalue weighted by Crippen LogP contribution is 2.78. The van der Waals surface area contributed by atoms with Gasteiger partial charge in [0.1, 0.15) is 5.82 Å². The van der Waals surface area contributed by atoms with Gasteiger partial charge in [0.25, 0.3) is 0 Å². The van der Waals surface area contributed by atoms with Gasteiger partial charge in [-0.05, 0) is 56.6 Å². The fraction of sp³-hybridized carbons (Fsp3) is 0.522. The average molecular weight is 374 g/mol. The highest BCUT2D eigenvalue weighted by atomic mass is 15.2. The lowest BCUT2D eigenvalue weighted by Gasteiger charge is -2.25. The maximum absolute atomic E-state index is 7.81. The molecule has 3 fully saturated rings. The third-order valence-corrected chi connectivity index (χ3v) is 6.81. The first kappa shape index (κ1) is 17.5. The summed E-state index contributed by atoms with van der Waals surface area (Å²) in [6, 6.07) is 2.33. The minimum absolute atomic E-state index is 0.0662. The van der Waals surface area contributed by atoms with Crippen LogP contribution in [0.25, 0.3) is 0 Å². The van der Waals surface area contributed by atoms with Gasteiger partial charge in [-0.2, -0.15) is 0 Å². The number of likely N-dealkylation sites (tertiary alicyclic amines) is 1. The molecule has 5 nitrogen and oxygen atoms in total. The maximum atomic E-state index is 7.81. The molecule has 2 N–H and O–H groups in total. The van der Waals surface area contributed by atoms with Crippen LogP contribution in [0.1, 0.15) is 56.7 Å². The van der Waals surface area contributed by atoms with Crippen LogP contribution in [0.4, 0.5) is 5.69 Å². The van der Waals surface area contributed by atoms with Gasteiger partial charge >= 0.3 is 0 Å². The third-order valence-electron chi connectivity index (χ3n) is 6.81. The molecule has 0 radical (unpaired) electrons. The van der Waals surface area contributed by atoms with Crippen molar-refractivity contribution < 1.29 is 0 Å². The van der Waals surface area contributed by atoms with Gasteiger partial charge in [-0.25, -0.2) is 4.99 Å². The fourth-order valence-corrected chi connectivity index (χ4v) is 4.96. The van der Waals surface area contributed by atoms with Crippen molar-refractivity contribution in [2.75, 3.05) is 18.4 Å². The van der Waals surface area contributed by atoms with E-state index in [2.05, 4.69) is 39.2 Å². The first-order valence-electron chi connectivity index (χ1n) is 10.4. The monoisotopic (exact) mass is 373 g/mol. The lowest BCUT2D eigenvalue weighted by atomic mass is 9.96. The van der Waals surface area contributed by atoms with Gasteiger partial charge in [0.2, 0.25) is 0 Å². The van der Waals surface area contributed by atoms with Crippen LogP contribution in [-0.4, -0.2) is 41.4 Å². The summed E-state index contributed by atoms with van der Waals surface area (Å²) in [5, 5.41) is 11.5. The first-order chi connectivity index (χ1) is 13.7. The van der Waals surface area contributed by atoms with E-state index >= 15 is 0 Å². The van der Waals surface area contributed by atoms with Crippen LogP contribution < -0.4 is 5.32 Å². The molecule has 2 saturated carbocycles. The van der Waals surface area contributed by atoms with Crippen molar-refractivity contribution in [1.82, 2.24) is 9.88 Å². The number of aromatic nitrogens is 1. The van der Waals surface area contributed by atoms with E-state index in [0.717, 1.165) is 48.7 Å². The average Bonchev–Trinajstić information content (AvgIpc) is 3.54. The topological polar surface area (TPSA) is 64.4 Å². The Bertz CT molecular complexity index is 924. The largest absolute Gasteiger partial charge is 0.378 e. The number of hydrogen-bond donors (Lipinski definition) is 2. The van der Waals surface area contributed by atoms with E-state index in [9.17, 15) is 0 Å². The van der Waals surface area contributed by atoms with Gasteiger partial charge < -0.3 is 15.6 Å². The van der Waals surface area contributed by atoms with Gasteiger partial charge in [0, 0.05) is 49.4 Å². The predicted molar refractivity (Wildman–Crippen MR) is 113 cm³/mol. The number of nitrogens with one attached hydrogen (secondary N) is 2. The Morgan fingerprint density at radius 1 is 1.32 bits per heavy atom. The molecular formula is C23H27N5. The van der Waals surface area contributed by atoms with Crippen molar-refractivity contribution in [1.29, 1.82) is 5.41 Å². The summed E-state index contributed by atoms with van der Waals surface area (Å²) >= 11 is 0. The normalized spacial score (nSPS) is 29.1. The molecule has 1 aromatic rings. The summed E-state index contributed by atoms with van der Waals surface area (Å²) < 4.78 is 0. The third kappa shape index (κ3) is 2.74. The Labute approximate surface area is 166 Å². The van der Waals surface area contributed by atoms with Crippen molar-refractivity contribution >= 4 is 18.1 Å². The number of pyridine rings is 1. The van der Waals surface area contributed by atoms with Gasteiger partial charge in [-0.15, -0.1) is 5.92 Å². The van der Waals surface area contributed by atoms with Crippen LogP contribution in [0.3, 0.4) is 0 Å². The van der Waals surface area contributed by atoms with E-state index in [1.54, 1.807) is 0 Å². The second kappa shape index (κ2) is 6.48. The molecule has 5 rings (SSSR count). The Morgan fingerprint density at radius 2 is 2.14 bits per heavy atom. The smallest absolute Gasteiger partial charge is 0.126 e. The summed E-state index contributed by atoms with van der Waals surface area (Å²) in [5.41, 5.74) is 3.20. The molecule has 3 heterocycles. The van der Waals surface area contributed by atoms with Gasteiger partial charge in [-0.1, -0.05) is 5.92 Å². The zero-order chi connectivity index (χ0) is 19.2. The number of aliphatic imine (C=N–C) groups is 1. The molecule has 0 amide bonds. The number of nitrogens with zero attached hydrogens (tertiary/aromatic N) is 3. The predicted octanol–water partition coefficient (Wildman–Crippen LogP) is 3.72. The quantitative estimate of drug-likeness (QED) is 0.611. The molecule has 2 atom stereocenters. The van der Waals surface area contributed by atoms with Gasteiger partial charge in [-0.3, -0.25) is 4.98 Å². The lowest BCUT2D eigenvalue weighted by Crippen LogP contribution is -2.26. The van der Waals surface area contributed by atoms with Crippen LogP contribution in [-0.2, 0) is 5.41 Å². The SMILES string of the molecule is CC#C[C@]1(c2cc(NC3C=C(N4CCCC4)N=CC3)c(C=N)cn2)CC12CC2. The standard InChI is InChI=1S/C23H27N5/c1-2-6-23(16-22(23)7-8-22)20-13-19(17(14-24)15-26-20)27-18-5-9-25-21(12-18)28-10-3-4-11-28/h9,12-15,18,24H,3-5,7-8,10-11,16H2,1H3,(H,26,27)/t18?,23-/m1/s1. The van der Waals surface area contributed by atoms with Crippen LogP contribution in [0.5, 0.6) is 0 Å². The van der Waals surface area contributed by atoms with E-state index in [4.69, 9.17) is 10.4 Å². The molecule has 4 aliphatic rings. The molecule has 1 aromatic heterocycles. The molecule has 0 aromatic carbocycles. The highest BCUT2D eigenvalue weighted by molar-refractivity contribution is 5.86. The maximum Gasteiger partial charge on any atom is 0.126 e. The molecule has 2 aliphatic carbocycles. The van der Waals surface area contributed by atoms with E-state index in [-0.39, 0.29) is 11.5 Å². The second-order valence-electron chi connectivity index (χ2n) is 8.56. The minimum atomic E-state index is -0.0662.